The second-order valence-corrected chi connectivity index (χ2v) is 7.36. The van der Waals surface area contributed by atoms with Crippen molar-refractivity contribution in [3.05, 3.63) is 78.2 Å². The molecule has 1 unspecified atom stereocenters. The van der Waals surface area contributed by atoms with Crippen LogP contribution in [-0.4, -0.2) is 41.0 Å². The number of benzene rings is 1. The van der Waals surface area contributed by atoms with Gasteiger partial charge in [-0.2, -0.15) is 0 Å². The van der Waals surface area contributed by atoms with E-state index in [1.54, 1.807) is 19.5 Å². The molecule has 0 spiro atoms. The summed E-state index contributed by atoms with van der Waals surface area (Å²) < 4.78 is 5.49. The number of pyridine rings is 2. The van der Waals surface area contributed by atoms with E-state index in [1.807, 2.05) is 53.4 Å². The SMILES string of the molecule is COc1ccccc1-c1cccc(C2CCCN(C(=O)Cc3cccnc3)C2)n1. The topological polar surface area (TPSA) is 55.3 Å². The molecule has 1 aliphatic heterocycles. The Balaban J connectivity index is 1.50. The van der Waals surface area contributed by atoms with Gasteiger partial charge in [0.15, 0.2) is 0 Å². The number of aromatic nitrogens is 2. The minimum Gasteiger partial charge on any atom is -0.496 e. The highest BCUT2D eigenvalue weighted by Gasteiger charge is 2.26. The monoisotopic (exact) mass is 387 g/mol. The number of rotatable bonds is 5. The van der Waals surface area contributed by atoms with E-state index in [0.29, 0.717) is 13.0 Å². The van der Waals surface area contributed by atoms with Gasteiger partial charge in [-0.1, -0.05) is 24.3 Å². The number of ether oxygens (including phenoxy) is 1. The second kappa shape index (κ2) is 8.86. The Hall–Kier alpha value is -3.21. The van der Waals surface area contributed by atoms with Crippen LogP contribution >= 0.6 is 0 Å². The van der Waals surface area contributed by atoms with Crippen molar-refractivity contribution < 1.29 is 9.53 Å². The molecule has 3 aromatic rings. The van der Waals surface area contributed by atoms with E-state index in [4.69, 9.17) is 9.72 Å². The summed E-state index contributed by atoms with van der Waals surface area (Å²) in [5.74, 6) is 1.22. The van der Waals surface area contributed by atoms with Crippen molar-refractivity contribution in [1.82, 2.24) is 14.9 Å². The number of nitrogens with zero attached hydrogens (tertiary/aromatic N) is 3. The maximum absolute atomic E-state index is 12.8. The van der Waals surface area contributed by atoms with Crippen LogP contribution in [0.3, 0.4) is 0 Å². The lowest BCUT2D eigenvalue weighted by atomic mass is 9.93. The zero-order valence-corrected chi connectivity index (χ0v) is 16.6. The summed E-state index contributed by atoms with van der Waals surface area (Å²) in [4.78, 5) is 23.8. The largest absolute Gasteiger partial charge is 0.496 e. The molecule has 5 heteroatoms. The minimum absolute atomic E-state index is 0.156. The molecule has 29 heavy (non-hydrogen) atoms. The highest BCUT2D eigenvalue weighted by atomic mass is 16.5. The molecule has 5 nitrogen and oxygen atoms in total. The third-order valence-electron chi connectivity index (χ3n) is 5.42. The zero-order valence-electron chi connectivity index (χ0n) is 16.6. The first-order chi connectivity index (χ1) is 14.2. The summed E-state index contributed by atoms with van der Waals surface area (Å²) in [5.41, 5.74) is 3.87. The number of para-hydroxylation sites is 1. The number of piperidine rings is 1. The second-order valence-electron chi connectivity index (χ2n) is 7.36. The lowest BCUT2D eigenvalue weighted by molar-refractivity contribution is -0.131. The normalized spacial score (nSPS) is 16.4. The fourth-order valence-corrected chi connectivity index (χ4v) is 3.92. The van der Waals surface area contributed by atoms with Crippen molar-refractivity contribution >= 4 is 5.91 Å². The fourth-order valence-electron chi connectivity index (χ4n) is 3.92. The van der Waals surface area contributed by atoms with Crippen LogP contribution in [0.2, 0.25) is 0 Å². The van der Waals surface area contributed by atoms with Crippen molar-refractivity contribution in [3.8, 4) is 17.0 Å². The highest BCUT2D eigenvalue weighted by molar-refractivity contribution is 5.78. The van der Waals surface area contributed by atoms with Crippen LogP contribution in [0.5, 0.6) is 5.75 Å². The number of amides is 1. The van der Waals surface area contributed by atoms with Crippen LogP contribution in [0.25, 0.3) is 11.3 Å². The van der Waals surface area contributed by atoms with E-state index in [9.17, 15) is 4.79 Å². The van der Waals surface area contributed by atoms with Crippen molar-refractivity contribution in [1.29, 1.82) is 0 Å². The van der Waals surface area contributed by atoms with E-state index in [0.717, 1.165) is 47.7 Å². The summed E-state index contributed by atoms with van der Waals surface area (Å²) in [6.45, 7) is 1.52. The Bertz CT molecular complexity index is 975. The quantitative estimate of drug-likeness (QED) is 0.661. The maximum atomic E-state index is 12.8. The van der Waals surface area contributed by atoms with E-state index in [-0.39, 0.29) is 11.8 Å². The van der Waals surface area contributed by atoms with Crippen molar-refractivity contribution in [2.75, 3.05) is 20.2 Å². The molecular weight excluding hydrogens is 362 g/mol. The van der Waals surface area contributed by atoms with E-state index in [1.165, 1.54) is 0 Å². The number of likely N-dealkylation sites (tertiary alicyclic amines) is 1. The van der Waals surface area contributed by atoms with Crippen LogP contribution in [-0.2, 0) is 11.2 Å². The first-order valence-corrected chi connectivity index (χ1v) is 10.0. The Morgan fingerprint density at radius 3 is 2.86 bits per heavy atom. The molecule has 1 saturated heterocycles. The molecule has 0 aliphatic carbocycles. The zero-order chi connectivity index (χ0) is 20.1. The van der Waals surface area contributed by atoms with Crippen LogP contribution in [0, 0.1) is 0 Å². The Morgan fingerprint density at radius 1 is 1.14 bits per heavy atom. The number of hydrogen-bond donors (Lipinski definition) is 0. The summed E-state index contributed by atoms with van der Waals surface area (Å²) in [6.07, 6.45) is 5.92. The molecule has 0 radical (unpaired) electrons. The van der Waals surface area contributed by atoms with Gasteiger partial charge in [0, 0.05) is 42.7 Å². The Labute approximate surface area is 171 Å². The number of methoxy groups -OCH3 is 1. The van der Waals surface area contributed by atoms with Gasteiger partial charge < -0.3 is 9.64 Å². The van der Waals surface area contributed by atoms with Gasteiger partial charge in [0.2, 0.25) is 5.91 Å². The number of carbonyl (C=O) groups excluding carboxylic acids is 1. The lowest BCUT2D eigenvalue weighted by Crippen LogP contribution is -2.40. The third-order valence-corrected chi connectivity index (χ3v) is 5.42. The molecule has 1 amide bonds. The van der Waals surface area contributed by atoms with Gasteiger partial charge in [0.05, 0.1) is 19.2 Å². The minimum atomic E-state index is 0.156. The van der Waals surface area contributed by atoms with Gasteiger partial charge in [-0.25, -0.2) is 0 Å². The first-order valence-electron chi connectivity index (χ1n) is 10.0. The molecule has 2 aromatic heterocycles. The molecule has 1 atom stereocenters. The summed E-state index contributed by atoms with van der Waals surface area (Å²) in [6, 6.07) is 17.9. The number of hydrogen-bond acceptors (Lipinski definition) is 4. The molecule has 4 rings (SSSR count). The smallest absolute Gasteiger partial charge is 0.227 e. The molecule has 148 valence electrons. The average molecular weight is 387 g/mol. The molecule has 0 bridgehead atoms. The maximum Gasteiger partial charge on any atom is 0.227 e. The average Bonchev–Trinajstić information content (AvgIpc) is 2.80. The standard InChI is InChI=1S/C24H25N3O2/c1-29-23-12-3-2-9-20(23)22-11-4-10-21(26-22)19-8-6-14-27(17-19)24(28)15-18-7-5-13-25-16-18/h2-5,7,9-13,16,19H,6,8,14-15,17H2,1H3. The van der Waals surface area contributed by atoms with Gasteiger partial charge in [-0.15, -0.1) is 0 Å². The fraction of sp³-hybridized carbons (Fsp3) is 0.292. The Morgan fingerprint density at radius 2 is 2.03 bits per heavy atom. The van der Waals surface area contributed by atoms with Gasteiger partial charge in [-0.05, 0) is 48.7 Å². The van der Waals surface area contributed by atoms with Gasteiger partial charge >= 0.3 is 0 Å². The molecule has 1 aliphatic rings. The van der Waals surface area contributed by atoms with E-state index >= 15 is 0 Å². The van der Waals surface area contributed by atoms with Crippen LogP contribution in [0.4, 0.5) is 0 Å². The van der Waals surface area contributed by atoms with Crippen molar-refractivity contribution in [3.63, 3.8) is 0 Å². The molecule has 1 fully saturated rings. The molecule has 3 heterocycles. The van der Waals surface area contributed by atoms with Crippen molar-refractivity contribution in [2.45, 2.75) is 25.2 Å². The molecule has 0 saturated carbocycles. The van der Waals surface area contributed by atoms with Crippen LogP contribution in [0.1, 0.15) is 30.0 Å². The highest BCUT2D eigenvalue weighted by Crippen LogP contribution is 2.31. The third kappa shape index (κ3) is 4.45. The van der Waals surface area contributed by atoms with Crippen LogP contribution in [0.15, 0.2) is 67.0 Å². The molecule has 1 aromatic carbocycles. The first kappa shape index (κ1) is 19.1. The summed E-state index contributed by atoms with van der Waals surface area (Å²) in [7, 11) is 1.68. The summed E-state index contributed by atoms with van der Waals surface area (Å²) >= 11 is 0. The lowest BCUT2D eigenvalue weighted by Gasteiger charge is -2.32. The predicted octanol–water partition coefficient (Wildman–Crippen LogP) is 4.10. The van der Waals surface area contributed by atoms with Gasteiger partial charge in [0.1, 0.15) is 5.75 Å². The molecular formula is C24H25N3O2. The van der Waals surface area contributed by atoms with E-state index in [2.05, 4.69) is 11.1 Å². The van der Waals surface area contributed by atoms with E-state index < -0.39 is 0 Å². The van der Waals surface area contributed by atoms with Crippen molar-refractivity contribution in [2.24, 2.45) is 0 Å². The summed E-state index contributed by atoms with van der Waals surface area (Å²) in [5, 5.41) is 0. The van der Waals surface area contributed by atoms with Gasteiger partial charge in [-0.3, -0.25) is 14.8 Å². The number of carbonyl (C=O) groups is 1. The van der Waals surface area contributed by atoms with Crippen LogP contribution < -0.4 is 4.74 Å². The molecule has 0 N–H and O–H groups in total. The Kier molecular flexibility index (Phi) is 5.84. The predicted molar refractivity (Wildman–Crippen MR) is 113 cm³/mol. The van der Waals surface area contributed by atoms with Gasteiger partial charge in [0.25, 0.3) is 0 Å².